The molecule has 0 aliphatic heterocycles. The molecule has 1 saturated carbocycles. The summed E-state index contributed by atoms with van der Waals surface area (Å²) in [6, 6.07) is 8.29. The third kappa shape index (κ3) is 2.03. The van der Waals surface area contributed by atoms with E-state index in [1.807, 2.05) is 28.7 Å². The number of carbonyl (C=O) groups is 1. The molecule has 6 nitrogen and oxygen atoms in total. The summed E-state index contributed by atoms with van der Waals surface area (Å²) in [4.78, 5) is 16.2. The molecule has 0 spiro atoms. The number of thioether (sulfide) groups is 1. The van der Waals surface area contributed by atoms with Crippen LogP contribution in [0.5, 0.6) is 0 Å². The Morgan fingerprint density at radius 3 is 3.15 bits per heavy atom. The molecular weight excluding hydrogens is 274 g/mol. The van der Waals surface area contributed by atoms with Gasteiger partial charge in [-0.3, -0.25) is 9.20 Å². The van der Waals surface area contributed by atoms with E-state index in [2.05, 4.69) is 20.5 Å². The highest BCUT2D eigenvalue weighted by atomic mass is 32.2. The lowest BCUT2D eigenvalue weighted by atomic mass is 10.3. The first-order chi connectivity index (χ1) is 9.81. The summed E-state index contributed by atoms with van der Waals surface area (Å²) in [7, 11) is 0. The molecule has 0 unspecified atom stereocenters. The molecule has 1 amide bonds. The molecule has 2 heterocycles. The fourth-order valence-electron chi connectivity index (χ4n) is 2.17. The summed E-state index contributed by atoms with van der Waals surface area (Å²) in [5.74, 6) is 1.15. The summed E-state index contributed by atoms with van der Waals surface area (Å²) >= 11 is 1.42. The van der Waals surface area contributed by atoms with Crippen molar-refractivity contribution in [2.45, 2.75) is 24.0 Å². The number of aromatic nitrogens is 4. The van der Waals surface area contributed by atoms with Gasteiger partial charge in [0, 0.05) is 6.04 Å². The van der Waals surface area contributed by atoms with Crippen LogP contribution in [0.15, 0.2) is 29.4 Å². The van der Waals surface area contributed by atoms with Gasteiger partial charge in [0.2, 0.25) is 11.7 Å². The van der Waals surface area contributed by atoms with Gasteiger partial charge >= 0.3 is 0 Å². The molecule has 1 aromatic carbocycles. The molecule has 2 aromatic heterocycles. The molecule has 102 valence electrons. The molecule has 20 heavy (non-hydrogen) atoms. The normalized spacial score (nSPS) is 15.0. The summed E-state index contributed by atoms with van der Waals surface area (Å²) in [6.45, 7) is 0. The van der Waals surface area contributed by atoms with Gasteiger partial charge in [-0.15, -0.1) is 5.10 Å². The first kappa shape index (κ1) is 11.8. The zero-order chi connectivity index (χ0) is 13.5. The number of benzene rings is 1. The van der Waals surface area contributed by atoms with Crippen molar-refractivity contribution in [2.24, 2.45) is 0 Å². The second kappa shape index (κ2) is 4.52. The first-order valence-electron chi connectivity index (χ1n) is 6.55. The van der Waals surface area contributed by atoms with E-state index in [4.69, 9.17) is 0 Å². The quantitative estimate of drug-likeness (QED) is 0.714. The molecular formula is C13H13N5OS. The second-order valence-electron chi connectivity index (χ2n) is 4.90. The lowest BCUT2D eigenvalue weighted by molar-refractivity contribution is -0.118. The van der Waals surface area contributed by atoms with E-state index in [-0.39, 0.29) is 5.91 Å². The predicted molar refractivity (Wildman–Crippen MR) is 76.7 cm³/mol. The molecule has 0 bridgehead atoms. The number of para-hydroxylation sites is 2. The Morgan fingerprint density at radius 1 is 1.45 bits per heavy atom. The number of fused-ring (bicyclic) bond motifs is 3. The number of nitrogens with zero attached hydrogens (tertiary/aromatic N) is 3. The van der Waals surface area contributed by atoms with Crippen LogP contribution in [0.25, 0.3) is 16.8 Å². The van der Waals surface area contributed by atoms with Crippen LogP contribution in [0.3, 0.4) is 0 Å². The largest absolute Gasteiger partial charge is 0.353 e. The Bertz CT molecular complexity index is 788. The Balaban J connectivity index is 1.60. The van der Waals surface area contributed by atoms with Crippen molar-refractivity contribution in [3.05, 3.63) is 24.3 Å². The minimum Gasteiger partial charge on any atom is -0.353 e. The van der Waals surface area contributed by atoms with Crippen LogP contribution in [0.2, 0.25) is 0 Å². The number of carbonyl (C=O) groups excluding carboxylic acids is 1. The predicted octanol–water partition coefficient (Wildman–Crippen LogP) is 1.58. The first-order valence-corrected chi connectivity index (χ1v) is 7.53. The van der Waals surface area contributed by atoms with Crippen molar-refractivity contribution in [1.29, 1.82) is 0 Å². The molecule has 0 radical (unpaired) electrons. The Morgan fingerprint density at radius 2 is 2.30 bits per heavy atom. The van der Waals surface area contributed by atoms with Crippen molar-refractivity contribution in [3.8, 4) is 0 Å². The van der Waals surface area contributed by atoms with E-state index in [0.717, 1.165) is 29.0 Å². The highest BCUT2D eigenvalue weighted by Crippen LogP contribution is 2.23. The number of hydrogen-bond acceptors (Lipinski definition) is 4. The van der Waals surface area contributed by atoms with Gasteiger partial charge in [-0.1, -0.05) is 23.9 Å². The van der Waals surface area contributed by atoms with Crippen LogP contribution in [0.4, 0.5) is 0 Å². The minimum atomic E-state index is 0.0677. The monoisotopic (exact) mass is 287 g/mol. The van der Waals surface area contributed by atoms with Crippen LogP contribution in [0, 0.1) is 0 Å². The number of amides is 1. The van der Waals surface area contributed by atoms with Gasteiger partial charge in [-0.25, -0.2) is 10.1 Å². The molecule has 0 saturated heterocycles. The lowest BCUT2D eigenvalue weighted by Crippen LogP contribution is -2.27. The van der Waals surface area contributed by atoms with Crippen molar-refractivity contribution in [3.63, 3.8) is 0 Å². The third-order valence-corrected chi connectivity index (χ3v) is 4.22. The van der Waals surface area contributed by atoms with Crippen LogP contribution < -0.4 is 5.32 Å². The highest BCUT2D eigenvalue weighted by Gasteiger charge is 2.23. The Kier molecular flexibility index (Phi) is 2.66. The summed E-state index contributed by atoms with van der Waals surface area (Å²) in [5, 5.41) is 10.9. The lowest BCUT2D eigenvalue weighted by Gasteiger charge is -2.01. The maximum absolute atomic E-state index is 11.7. The van der Waals surface area contributed by atoms with E-state index >= 15 is 0 Å². The standard InChI is InChI=1S/C13H13N5OS/c19-11(14-8-5-6-8)7-20-13-17-16-12-15-9-3-1-2-4-10(9)18(12)13/h1-4,8H,5-7H2,(H,14,19)(H,15,16). The molecule has 1 aliphatic carbocycles. The number of H-pyrrole nitrogens is 1. The van der Waals surface area contributed by atoms with Crippen molar-refractivity contribution in [1.82, 2.24) is 24.9 Å². The second-order valence-corrected chi connectivity index (χ2v) is 5.84. The molecule has 2 N–H and O–H groups in total. The Hall–Kier alpha value is -2.02. The smallest absolute Gasteiger partial charge is 0.231 e. The molecule has 3 aromatic rings. The topological polar surface area (TPSA) is 75.1 Å². The van der Waals surface area contributed by atoms with Gasteiger partial charge in [-0.05, 0) is 25.0 Å². The average Bonchev–Trinajstić information content (AvgIpc) is 3.05. The van der Waals surface area contributed by atoms with Crippen molar-refractivity contribution >= 4 is 34.5 Å². The molecule has 1 fully saturated rings. The zero-order valence-corrected chi connectivity index (χ0v) is 11.5. The SMILES string of the molecule is O=C(CSc1n[nH]c2nc3ccccc3n12)NC1CC1. The van der Waals surface area contributed by atoms with Crippen molar-refractivity contribution < 1.29 is 4.79 Å². The fourth-order valence-corrected chi connectivity index (χ4v) is 2.93. The molecule has 1 aliphatic rings. The number of nitrogens with one attached hydrogen (secondary N) is 2. The average molecular weight is 287 g/mol. The highest BCUT2D eigenvalue weighted by molar-refractivity contribution is 7.99. The zero-order valence-electron chi connectivity index (χ0n) is 10.7. The van der Waals surface area contributed by atoms with Gasteiger partial charge in [-0.2, -0.15) is 0 Å². The molecule has 4 rings (SSSR count). The van der Waals surface area contributed by atoms with E-state index in [0.29, 0.717) is 17.6 Å². The number of imidazole rings is 1. The van der Waals surface area contributed by atoms with Gasteiger partial charge in [0.15, 0.2) is 5.16 Å². The maximum atomic E-state index is 11.7. The van der Waals surface area contributed by atoms with Gasteiger partial charge in [0.05, 0.1) is 16.8 Å². The van der Waals surface area contributed by atoms with Gasteiger partial charge in [0.1, 0.15) is 0 Å². The van der Waals surface area contributed by atoms with Crippen LogP contribution >= 0.6 is 11.8 Å². The van der Waals surface area contributed by atoms with E-state index in [1.165, 1.54) is 11.8 Å². The van der Waals surface area contributed by atoms with E-state index in [9.17, 15) is 4.79 Å². The van der Waals surface area contributed by atoms with E-state index in [1.54, 1.807) is 0 Å². The molecule has 7 heteroatoms. The van der Waals surface area contributed by atoms with Gasteiger partial charge in [0.25, 0.3) is 0 Å². The fraction of sp³-hybridized carbons (Fsp3) is 0.308. The van der Waals surface area contributed by atoms with Crippen LogP contribution in [-0.2, 0) is 4.79 Å². The maximum Gasteiger partial charge on any atom is 0.231 e. The summed E-state index contributed by atoms with van der Waals surface area (Å²) in [5.41, 5.74) is 1.92. The van der Waals surface area contributed by atoms with Gasteiger partial charge < -0.3 is 5.32 Å². The number of rotatable bonds is 4. The Labute approximate surface area is 119 Å². The molecule has 0 atom stereocenters. The van der Waals surface area contributed by atoms with Crippen molar-refractivity contribution in [2.75, 3.05) is 5.75 Å². The number of hydrogen-bond donors (Lipinski definition) is 2. The van der Waals surface area contributed by atoms with E-state index < -0.39 is 0 Å². The third-order valence-electron chi connectivity index (χ3n) is 3.28. The minimum absolute atomic E-state index is 0.0677. The van der Waals surface area contributed by atoms with Crippen LogP contribution in [0.1, 0.15) is 12.8 Å². The van der Waals surface area contributed by atoms with Crippen LogP contribution in [-0.4, -0.2) is 37.3 Å². The number of aromatic amines is 1. The summed E-state index contributed by atoms with van der Waals surface area (Å²) < 4.78 is 1.95. The summed E-state index contributed by atoms with van der Waals surface area (Å²) in [6.07, 6.45) is 2.21.